The van der Waals surface area contributed by atoms with Crippen molar-refractivity contribution in [3.63, 3.8) is 0 Å². The summed E-state index contributed by atoms with van der Waals surface area (Å²) >= 11 is 3.62. The van der Waals surface area contributed by atoms with Crippen LogP contribution in [0.1, 0.15) is 13.8 Å². The Morgan fingerprint density at radius 2 is 1.70 bits per heavy atom. The van der Waals surface area contributed by atoms with E-state index in [1.54, 1.807) is 0 Å². The van der Waals surface area contributed by atoms with Crippen molar-refractivity contribution in [2.24, 2.45) is 0 Å². The lowest BCUT2D eigenvalue weighted by Gasteiger charge is -2.00. The predicted molar refractivity (Wildman–Crippen MR) is 54.5 cm³/mol. The molecule has 0 aromatic rings. The lowest BCUT2D eigenvalue weighted by molar-refractivity contribution is 1.52. The molecule has 0 N–H and O–H groups in total. The lowest BCUT2D eigenvalue weighted by Crippen LogP contribution is -1.73. The number of thioether (sulfide) groups is 2. The number of allylic oxidation sites excluding steroid dienone is 3. The molecule has 0 aliphatic heterocycles. The van der Waals surface area contributed by atoms with E-state index in [1.165, 1.54) is 9.81 Å². The third-order valence-corrected chi connectivity index (χ3v) is 3.49. The maximum absolute atomic E-state index is 2.14. The molecule has 10 heavy (non-hydrogen) atoms. The summed E-state index contributed by atoms with van der Waals surface area (Å²) in [6.07, 6.45) is 8.43. The van der Waals surface area contributed by atoms with Gasteiger partial charge in [-0.05, 0) is 31.9 Å². The molecular weight excluding hydrogens is 160 g/mol. The van der Waals surface area contributed by atoms with Crippen molar-refractivity contribution < 1.29 is 0 Å². The van der Waals surface area contributed by atoms with Gasteiger partial charge in [-0.1, -0.05) is 12.2 Å². The Labute approximate surface area is 72.2 Å². The van der Waals surface area contributed by atoms with Gasteiger partial charge in [0.25, 0.3) is 0 Å². The molecule has 2 heteroatoms. The van der Waals surface area contributed by atoms with Gasteiger partial charge in [-0.15, -0.1) is 23.5 Å². The molecule has 0 aromatic carbocycles. The van der Waals surface area contributed by atoms with Crippen LogP contribution in [-0.4, -0.2) is 12.5 Å². The molecule has 0 heterocycles. The Hall–Kier alpha value is 0.180. The Balaban J connectivity index is 4.27. The maximum Gasteiger partial charge on any atom is 0.0424 e. The molecule has 0 atom stereocenters. The predicted octanol–water partition coefficient (Wildman–Crippen LogP) is 3.52. The monoisotopic (exact) mass is 174 g/mol. The van der Waals surface area contributed by atoms with E-state index in [0.717, 1.165) is 0 Å². The van der Waals surface area contributed by atoms with E-state index in [1.807, 2.05) is 30.4 Å². The fraction of sp³-hybridized carbons (Fsp3) is 0.500. The maximum atomic E-state index is 2.14. The Morgan fingerprint density at radius 3 is 2.00 bits per heavy atom. The first-order valence-corrected chi connectivity index (χ1v) is 5.62. The molecule has 0 fully saturated rings. The van der Waals surface area contributed by atoms with Gasteiger partial charge < -0.3 is 0 Å². The average molecular weight is 174 g/mol. The van der Waals surface area contributed by atoms with Gasteiger partial charge in [0.1, 0.15) is 0 Å². The Kier molecular flexibility index (Phi) is 6.03. The van der Waals surface area contributed by atoms with Crippen molar-refractivity contribution >= 4 is 23.5 Å². The fourth-order valence-corrected chi connectivity index (χ4v) is 2.17. The van der Waals surface area contributed by atoms with Gasteiger partial charge in [-0.25, -0.2) is 0 Å². The van der Waals surface area contributed by atoms with Crippen molar-refractivity contribution in [1.82, 2.24) is 0 Å². The summed E-state index contributed by atoms with van der Waals surface area (Å²) in [4.78, 5) is 0. The summed E-state index contributed by atoms with van der Waals surface area (Å²) in [5, 5.41) is 0. The minimum Gasteiger partial charge on any atom is -0.122 e. The van der Waals surface area contributed by atoms with Crippen LogP contribution >= 0.6 is 23.5 Å². The first-order valence-electron chi connectivity index (χ1n) is 3.17. The van der Waals surface area contributed by atoms with E-state index < -0.39 is 0 Å². The van der Waals surface area contributed by atoms with Crippen LogP contribution in [0.4, 0.5) is 0 Å². The van der Waals surface area contributed by atoms with E-state index >= 15 is 0 Å². The van der Waals surface area contributed by atoms with Crippen LogP contribution in [0.2, 0.25) is 0 Å². The molecule has 0 aliphatic rings. The van der Waals surface area contributed by atoms with Crippen LogP contribution in [0.15, 0.2) is 22.0 Å². The van der Waals surface area contributed by atoms with E-state index in [0.29, 0.717) is 0 Å². The third kappa shape index (κ3) is 3.37. The first kappa shape index (κ1) is 10.2. The highest BCUT2D eigenvalue weighted by Gasteiger charge is 1.93. The number of rotatable bonds is 3. The highest BCUT2D eigenvalue weighted by atomic mass is 32.2. The third-order valence-electron chi connectivity index (χ3n) is 1.11. The minimum absolute atomic E-state index is 1.36. The second kappa shape index (κ2) is 5.93. The van der Waals surface area contributed by atoms with Crippen molar-refractivity contribution in [3.05, 3.63) is 22.0 Å². The largest absolute Gasteiger partial charge is 0.122 e. The quantitative estimate of drug-likeness (QED) is 0.600. The van der Waals surface area contributed by atoms with Gasteiger partial charge in [0, 0.05) is 4.24 Å². The summed E-state index contributed by atoms with van der Waals surface area (Å²) in [6.45, 7) is 4.18. The summed E-state index contributed by atoms with van der Waals surface area (Å²) in [6, 6.07) is 0. The smallest absolute Gasteiger partial charge is 0.0424 e. The van der Waals surface area contributed by atoms with Crippen molar-refractivity contribution in [2.45, 2.75) is 13.8 Å². The van der Waals surface area contributed by atoms with Crippen LogP contribution in [0.5, 0.6) is 0 Å². The average Bonchev–Trinajstić information content (AvgIpc) is 1.91. The summed E-state index contributed by atoms with van der Waals surface area (Å²) in [5.41, 5.74) is 1.36. The minimum atomic E-state index is 1.36. The molecule has 58 valence electrons. The van der Waals surface area contributed by atoms with Gasteiger partial charge in [-0.2, -0.15) is 0 Å². The zero-order chi connectivity index (χ0) is 7.98. The SMILES string of the molecule is C/C=C/C(C)=C(SC)SC. The molecule has 0 aliphatic carbocycles. The number of hydrogen-bond donors (Lipinski definition) is 0. The van der Waals surface area contributed by atoms with E-state index in [4.69, 9.17) is 0 Å². The van der Waals surface area contributed by atoms with Crippen molar-refractivity contribution in [1.29, 1.82) is 0 Å². The normalized spacial score (nSPS) is 10.4. The fourth-order valence-electron chi connectivity index (χ4n) is 0.723. The molecule has 0 amide bonds. The first-order chi connectivity index (χ1) is 4.76. The molecule has 0 rings (SSSR count). The van der Waals surface area contributed by atoms with Crippen LogP contribution in [0.25, 0.3) is 0 Å². The second-order valence-corrected chi connectivity index (χ2v) is 3.77. The van der Waals surface area contributed by atoms with E-state index in [2.05, 4.69) is 31.6 Å². The standard InChI is InChI=1S/C8H14S2/c1-5-6-7(2)8(9-3)10-4/h5-6H,1-4H3/b6-5+. The molecule has 0 saturated heterocycles. The zero-order valence-corrected chi connectivity index (χ0v) is 8.60. The Morgan fingerprint density at radius 1 is 1.20 bits per heavy atom. The summed E-state index contributed by atoms with van der Waals surface area (Å²) < 4.78 is 1.40. The molecule has 0 bridgehead atoms. The topological polar surface area (TPSA) is 0 Å². The lowest BCUT2D eigenvalue weighted by atomic mass is 10.3. The number of hydrogen-bond acceptors (Lipinski definition) is 2. The van der Waals surface area contributed by atoms with Gasteiger partial charge in [0.05, 0.1) is 0 Å². The molecule has 0 radical (unpaired) electrons. The van der Waals surface area contributed by atoms with Crippen LogP contribution in [0.3, 0.4) is 0 Å². The molecule has 0 nitrogen and oxygen atoms in total. The second-order valence-electron chi connectivity index (χ2n) is 1.88. The van der Waals surface area contributed by atoms with Crippen LogP contribution < -0.4 is 0 Å². The molecule has 0 aromatic heterocycles. The molecule has 0 unspecified atom stereocenters. The van der Waals surface area contributed by atoms with E-state index in [9.17, 15) is 0 Å². The summed E-state index contributed by atoms with van der Waals surface area (Å²) in [7, 11) is 0. The zero-order valence-electron chi connectivity index (χ0n) is 6.97. The Bertz CT molecular complexity index is 139. The van der Waals surface area contributed by atoms with Gasteiger partial charge in [0.15, 0.2) is 0 Å². The van der Waals surface area contributed by atoms with E-state index in [-0.39, 0.29) is 0 Å². The highest BCUT2D eigenvalue weighted by molar-refractivity contribution is 8.21. The summed E-state index contributed by atoms with van der Waals surface area (Å²) in [5.74, 6) is 0. The molecule has 0 saturated carbocycles. The highest BCUT2D eigenvalue weighted by Crippen LogP contribution is 2.27. The van der Waals surface area contributed by atoms with Crippen LogP contribution in [-0.2, 0) is 0 Å². The molecular formula is C8H14S2. The van der Waals surface area contributed by atoms with Crippen LogP contribution in [0, 0.1) is 0 Å². The van der Waals surface area contributed by atoms with Gasteiger partial charge >= 0.3 is 0 Å². The van der Waals surface area contributed by atoms with Crippen molar-refractivity contribution in [3.8, 4) is 0 Å². The van der Waals surface area contributed by atoms with Gasteiger partial charge in [0.2, 0.25) is 0 Å². The van der Waals surface area contributed by atoms with Gasteiger partial charge in [-0.3, -0.25) is 0 Å². The molecule has 0 spiro atoms. The van der Waals surface area contributed by atoms with Crippen molar-refractivity contribution in [2.75, 3.05) is 12.5 Å².